The lowest BCUT2D eigenvalue weighted by Gasteiger charge is -2.35. The number of benzene rings is 1. The average Bonchev–Trinajstić information content (AvgIpc) is 2.78. The molecular formula is C15H19Cl3N2O. The summed E-state index contributed by atoms with van der Waals surface area (Å²) in [6.45, 7) is 0. The Bertz CT molecular complexity index is 526. The number of nitrogens with zero attached hydrogens (tertiary/aromatic N) is 1. The molecule has 2 aliphatic heterocycles. The Balaban J connectivity index is 0.00000161. The van der Waals surface area contributed by atoms with Crippen molar-refractivity contribution in [1.82, 2.24) is 10.2 Å². The average molecular weight is 350 g/mol. The van der Waals surface area contributed by atoms with Crippen LogP contribution in [0, 0.1) is 0 Å². The number of hydrogen-bond donors (Lipinski definition) is 1. The number of hydrogen-bond acceptors (Lipinski definition) is 2. The molecule has 0 spiro atoms. The van der Waals surface area contributed by atoms with E-state index >= 15 is 0 Å². The Morgan fingerprint density at radius 2 is 1.86 bits per heavy atom. The van der Waals surface area contributed by atoms with E-state index in [-0.39, 0.29) is 24.4 Å². The van der Waals surface area contributed by atoms with Crippen LogP contribution in [0.3, 0.4) is 0 Å². The topological polar surface area (TPSA) is 32.3 Å². The first-order valence-corrected chi connectivity index (χ1v) is 7.78. The van der Waals surface area contributed by atoms with Gasteiger partial charge in [-0.1, -0.05) is 23.2 Å². The van der Waals surface area contributed by atoms with Gasteiger partial charge in [-0.2, -0.15) is 0 Å². The van der Waals surface area contributed by atoms with Gasteiger partial charge in [-0.25, -0.2) is 0 Å². The van der Waals surface area contributed by atoms with E-state index in [1.165, 1.54) is 12.8 Å². The van der Waals surface area contributed by atoms with Gasteiger partial charge in [0.15, 0.2) is 0 Å². The molecule has 1 aromatic carbocycles. The molecule has 1 N–H and O–H groups in total. The van der Waals surface area contributed by atoms with Gasteiger partial charge in [-0.3, -0.25) is 4.79 Å². The summed E-state index contributed by atoms with van der Waals surface area (Å²) in [5, 5.41) is 4.59. The minimum Gasteiger partial charge on any atom is -0.339 e. The zero-order valence-corrected chi connectivity index (χ0v) is 14.1. The van der Waals surface area contributed by atoms with Crippen LogP contribution >= 0.6 is 35.6 Å². The van der Waals surface area contributed by atoms with Gasteiger partial charge in [-0.05, 0) is 43.9 Å². The predicted molar refractivity (Wildman–Crippen MR) is 88.8 cm³/mol. The monoisotopic (exact) mass is 348 g/mol. The van der Waals surface area contributed by atoms with Crippen molar-refractivity contribution in [3.05, 3.63) is 33.8 Å². The van der Waals surface area contributed by atoms with E-state index in [9.17, 15) is 4.79 Å². The number of carbonyl (C=O) groups excluding carboxylic acids is 1. The van der Waals surface area contributed by atoms with E-state index in [1.54, 1.807) is 18.2 Å². The molecule has 0 saturated carbocycles. The third kappa shape index (κ3) is 3.48. The highest BCUT2D eigenvalue weighted by Gasteiger charge is 2.36. The van der Waals surface area contributed by atoms with Gasteiger partial charge >= 0.3 is 0 Å². The number of fused-ring (bicyclic) bond motifs is 2. The van der Waals surface area contributed by atoms with Gasteiger partial charge in [0, 0.05) is 30.2 Å². The fourth-order valence-corrected chi connectivity index (χ4v) is 3.73. The van der Waals surface area contributed by atoms with Gasteiger partial charge in [0.25, 0.3) is 5.91 Å². The molecule has 0 aliphatic carbocycles. The number of rotatable bonds is 2. The molecule has 2 fully saturated rings. The van der Waals surface area contributed by atoms with Crippen LogP contribution < -0.4 is 5.32 Å². The maximum Gasteiger partial charge on any atom is 0.255 e. The maximum absolute atomic E-state index is 12.6. The van der Waals surface area contributed by atoms with E-state index in [0.29, 0.717) is 27.7 Å². The summed E-state index contributed by atoms with van der Waals surface area (Å²) >= 11 is 12.1. The third-order valence-corrected chi connectivity index (χ3v) is 5.04. The molecule has 2 unspecified atom stereocenters. The summed E-state index contributed by atoms with van der Waals surface area (Å²) in [6.07, 6.45) is 4.50. The second-order valence-electron chi connectivity index (χ2n) is 5.80. The molecule has 0 radical (unpaired) electrons. The summed E-state index contributed by atoms with van der Waals surface area (Å²) in [5.41, 5.74) is 0.493. The second-order valence-corrected chi connectivity index (χ2v) is 6.65. The van der Waals surface area contributed by atoms with Crippen LogP contribution in [-0.4, -0.2) is 36.0 Å². The van der Waals surface area contributed by atoms with Crippen LogP contribution in [0.15, 0.2) is 18.2 Å². The van der Waals surface area contributed by atoms with Crippen molar-refractivity contribution in [2.75, 3.05) is 7.05 Å². The van der Waals surface area contributed by atoms with E-state index in [1.807, 2.05) is 11.9 Å². The first kappa shape index (κ1) is 16.9. The largest absolute Gasteiger partial charge is 0.339 e. The highest BCUT2D eigenvalue weighted by molar-refractivity contribution is 6.35. The van der Waals surface area contributed by atoms with Crippen molar-refractivity contribution in [1.29, 1.82) is 0 Å². The van der Waals surface area contributed by atoms with Crippen LogP contribution in [0.2, 0.25) is 10.0 Å². The molecule has 2 heterocycles. The minimum absolute atomic E-state index is 0. The summed E-state index contributed by atoms with van der Waals surface area (Å²) in [4.78, 5) is 14.5. The van der Waals surface area contributed by atoms with Crippen LogP contribution in [-0.2, 0) is 0 Å². The smallest absolute Gasteiger partial charge is 0.255 e. The summed E-state index contributed by atoms with van der Waals surface area (Å²) in [5.74, 6) is -0.0381. The SMILES string of the molecule is CN(C(=O)c1cc(Cl)ccc1Cl)C1CC2CCC(C1)N2.Cl. The Hall–Kier alpha value is -0.480. The quantitative estimate of drug-likeness (QED) is 0.881. The molecule has 3 nitrogen and oxygen atoms in total. The zero-order valence-electron chi connectivity index (χ0n) is 11.8. The maximum atomic E-state index is 12.6. The summed E-state index contributed by atoms with van der Waals surface area (Å²) < 4.78 is 0. The molecule has 1 aromatic rings. The fraction of sp³-hybridized carbons (Fsp3) is 0.533. The van der Waals surface area contributed by atoms with E-state index in [2.05, 4.69) is 5.32 Å². The van der Waals surface area contributed by atoms with Crippen molar-refractivity contribution < 1.29 is 4.79 Å². The van der Waals surface area contributed by atoms with Gasteiger partial charge < -0.3 is 10.2 Å². The summed E-state index contributed by atoms with van der Waals surface area (Å²) in [7, 11) is 1.87. The Kier molecular flexibility index (Phi) is 5.42. The molecule has 2 saturated heterocycles. The van der Waals surface area contributed by atoms with Crippen LogP contribution in [0.25, 0.3) is 0 Å². The Morgan fingerprint density at radius 3 is 2.48 bits per heavy atom. The lowest BCUT2D eigenvalue weighted by Crippen LogP contribution is -2.48. The van der Waals surface area contributed by atoms with Crippen LogP contribution in [0.4, 0.5) is 0 Å². The van der Waals surface area contributed by atoms with E-state index in [0.717, 1.165) is 12.8 Å². The van der Waals surface area contributed by atoms with Crippen molar-refractivity contribution in [3.63, 3.8) is 0 Å². The Morgan fingerprint density at radius 1 is 1.24 bits per heavy atom. The number of nitrogens with one attached hydrogen (secondary N) is 1. The molecule has 3 rings (SSSR count). The van der Waals surface area contributed by atoms with E-state index in [4.69, 9.17) is 23.2 Å². The Labute approximate surface area is 141 Å². The summed E-state index contributed by atoms with van der Waals surface area (Å²) in [6, 6.07) is 6.44. The van der Waals surface area contributed by atoms with Gasteiger partial charge in [0.1, 0.15) is 0 Å². The van der Waals surface area contributed by atoms with Gasteiger partial charge in [0.05, 0.1) is 10.6 Å². The first-order chi connectivity index (χ1) is 9.54. The molecule has 2 aliphatic rings. The van der Waals surface area contributed by atoms with Crippen LogP contribution in [0.1, 0.15) is 36.0 Å². The fourth-order valence-electron chi connectivity index (χ4n) is 3.36. The van der Waals surface area contributed by atoms with Gasteiger partial charge in [0.2, 0.25) is 0 Å². The molecule has 21 heavy (non-hydrogen) atoms. The van der Waals surface area contributed by atoms with Gasteiger partial charge in [-0.15, -0.1) is 12.4 Å². The normalized spacial score (nSPS) is 27.1. The van der Waals surface area contributed by atoms with Crippen molar-refractivity contribution in [2.24, 2.45) is 0 Å². The van der Waals surface area contributed by atoms with Crippen LogP contribution in [0.5, 0.6) is 0 Å². The highest BCUT2D eigenvalue weighted by atomic mass is 35.5. The number of piperidine rings is 1. The molecule has 116 valence electrons. The molecule has 6 heteroatoms. The molecule has 2 atom stereocenters. The first-order valence-electron chi connectivity index (χ1n) is 7.03. The van der Waals surface area contributed by atoms with Crippen molar-refractivity contribution in [3.8, 4) is 0 Å². The lowest BCUT2D eigenvalue weighted by molar-refractivity contribution is 0.0682. The molecule has 2 bridgehead atoms. The second kappa shape index (κ2) is 6.74. The predicted octanol–water partition coefficient (Wildman–Crippen LogP) is 3.77. The molecule has 1 amide bonds. The highest BCUT2D eigenvalue weighted by Crippen LogP contribution is 2.31. The lowest BCUT2D eigenvalue weighted by atomic mass is 9.98. The number of amides is 1. The minimum atomic E-state index is -0.0381. The molecule has 0 aromatic heterocycles. The molecular weight excluding hydrogens is 331 g/mol. The third-order valence-electron chi connectivity index (χ3n) is 4.48. The number of carbonyl (C=O) groups is 1. The van der Waals surface area contributed by atoms with Crippen molar-refractivity contribution in [2.45, 2.75) is 43.8 Å². The van der Waals surface area contributed by atoms with Crippen molar-refractivity contribution >= 4 is 41.5 Å². The number of halogens is 3. The zero-order chi connectivity index (χ0) is 14.3. The van der Waals surface area contributed by atoms with E-state index < -0.39 is 0 Å². The standard InChI is InChI=1S/C15H18Cl2N2O.ClH/c1-19(12-7-10-3-4-11(8-12)18-10)15(20)13-6-9(16)2-5-14(13)17;/h2,5-6,10-12,18H,3-4,7-8H2,1H3;1H.